The summed E-state index contributed by atoms with van der Waals surface area (Å²) in [5.74, 6) is 2.53. The minimum atomic E-state index is -0.365. The highest BCUT2D eigenvalue weighted by Gasteiger charge is 2.28. The predicted molar refractivity (Wildman–Crippen MR) is 118 cm³/mol. The zero-order chi connectivity index (χ0) is 21.4. The van der Waals surface area contributed by atoms with Crippen molar-refractivity contribution in [3.8, 4) is 0 Å². The van der Waals surface area contributed by atoms with E-state index in [9.17, 15) is 9.59 Å². The van der Waals surface area contributed by atoms with Crippen LogP contribution < -0.4 is 16.1 Å². The maximum atomic E-state index is 13.0. The van der Waals surface area contributed by atoms with Gasteiger partial charge in [0.25, 0.3) is 5.56 Å². The molecule has 30 heavy (non-hydrogen) atoms. The Hall–Kier alpha value is -2.62. The third kappa shape index (κ3) is 3.76. The molecule has 0 unspecified atom stereocenters. The van der Waals surface area contributed by atoms with Crippen molar-refractivity contribution in [3.05, 3.63) is 39.3 Å². The van der Waals surface area contributed by atoms with E-state index in [0.717, 1.165) is 23.6 Å². The number of aromatic nitrogens is 6. The van der Waals surface area contributed by atoms with Gasteiger partial charge in [-0.25, -0.2) is 14.8 Å². The minimum Gasteiger partial charge on any atom is -0.342 e. The SMILES string of the molecule is C[C@@H]1C[C@H](C)CN(c2nc3c(c(=O)n(C)c(=O)n3C)n2CCSc2ncccn2)C1. The highest BCUT2D eigenvalue weighted by molar-refractivity contribution is 7.99. The first-order valence-corrected chi connectivity index (χ1v) is 11.2. The van der Waals surface area contributed by atoms with Gasteiger partial charge in [0.1, 0.15) is 0 Å². The molecule has 0 spiro atoms. The van der Waals surface area contributed by atoms with Gasteiger partial charge in [-0.05, 0) is 24.3 Å². The molecule has 0 bridgehead atoms. The standard InChI is InChI=1S/C20H27N7O2S/c1-13-10-14(2)12-26(11-13)19-23-16-15(17(28)25(4)20(29)24(16)3)27(19)8-9-30-18-21-6-5-7-22-18/h5-7,13-14H,8-12H2,1-4H3/t13-,14+. The van der Waals surface area contributed by atoms with E-state index in [1.54, 1.807) is 25.5 Å². The van der Waals surface area contributed by atoms with Crippen molar-refractivity contribution >= 4 is 28.9 Å². The Bertz CT molecular complexity index is 1160. The van der Waals surface area contributed by atoms with Gasteiger partial charge in [-0.1, -0.05) is 25.6 Å². The predicted octanol–water partition coefficient (Wildman–Crippen LogP) is 1.50. The van der Waals surface area contributed by atoms with Gasteiger partial charge in [-0.3, -0.25) is 13.9 Å². The van der Waals surface area contributed by atoms with E-state index in [4.69, 9.17) is 4.98 Å². The van der Waals surface area contributed by atoms with Crippen LogP contribution in [0.15, 0.2) is 33.2 Å². The van der Waals surface area contributed by atoms with Gasteiger partial charge in [0.2, 0.25) is 5.95 Å². The van der Waals surface area contributed by atoms with E-state index in [1.165, 1.54) is 29.8 Å². The summed E-state index contributed by atoms with van der Waals surface area (Å²) in [5.41, 5.74) is 0.224. The Morgan fingerprint density at radius 1 is 1.07 bits per heavy atom. The molecule has 10 heteroatoms. The van der Waals surface area contributed by atoms with Gasteiger partial charge in [0, 0.05) is 51.9 Å². The van der Waals surface area contributed by atoms with Crippen LogP contribution in [0.1, 0.15) is 20.3 Å². The van der Waals surface area contributed by atoms with Crippen LogP contribution in [-0.2, 0) is 20.6 Å². The highest BCUT2D eigenvalue weighted by Crippen LogP contribution is 2.28. The molecule has 0 radical (unpaired) electrons. The number of fused-ring (bicyclic) bond motifs is 1. The number of hydrogen-bond acceptors (Lipinski definition) is 7. The fourth-order valence-electron chi connectivity index (χ4n) is 4.30. The Morgan fingerprint density at radius 3 is 2.40 bits per heavy atom. The molecule has 2 atom stereocenters. The molecule has 1 saturated heterocycles. The maximum Gasteiger partial charge on any atom is 0.332 e. The van der Waals surface area contributed by atoms with Gasteiger partial charge in [-0.15, -0.1) is 0 Å². The Morgan fingerprint density at radius 2 is 1.73 bits per heavy atom. The number of anilines is 1. The van der Waals surface area contributed by atoms with E-state index in [2.05, 4.69) is 28.7 Å². The summed E-state index contributed by atoms with van der Waals surface area (Å²) >= 11 is 1.53. The van der Waals surface area contributed by atoms with Crippen LogP contribution in [0.5, 0.6) is 0 Å². The summed E-state index contributed by atoms with van der Waals surface area (Å²) in [5, 5.41) is 0.698. The summed E-state index contributed by atoms with van der Waals surface area (Å²) in [6.07, 6.45) is 4.61. The lowest BCUT2D eigenvalue weighted by Gasteiger charge is -2.35. The Balaban J connectivity index is 1.78. The number of aryl methyl sites for hydroxylation is 2. The number of hydrogen-bond donors (Lipinski definition) is 0. The van der Waals surface area contributed by atoms with Crippen molar-refractivity contribution in [2.45, 2.75) is 32.0 Å². The first-order valence-electron chi connectivity index (χ1n) is 10.2. The van der Waals surface area contributed by atoms with Crippen LogP contribution in [0.2, 0.25) is 0 Å². The molecule has 3 aromatic heterocycles. The summed E-state index contributed by atoms with van der Waals surface area (Å²) < 4.78 is 4.58. The summed E-state index contributed by atoms with van der Waals surface area (Å²) in [6.45, 7) is 6.83. The van der Waals surface area contributed by atoms with Crippen LogP contribution in [0.4, 0.5) is 5.95 Å². The second-order valence-electron chi connectivity index (χ2n) is 8.17. The molecule has 9 nitrogen and oxygen atoms in total. The molecule has 0 N–H and O–H groups in total. The van der Waals surface area contributed by atoms with E-state index < -0.39 is 0 Å². The third-order valence-electron chi connectivity index (χ3n) is 5.57. The maximum absolute atomic E-state index is 13.0. The van der Waals surface area contributed by atoms with Crippen LogP contribution >= 0.6 is 11.8 Å². The molecule has 0 saturated carbocycles. The Kier molecular flexibility index (Phi) is 5.68. The monoisotopic (exact) mass is 429 g/mol. The second-order valence-corrected chi connectivity index (χ2v) is 9.23. The largest absolute Gasteiger partial charge is 0.342 e. The highest BCUT2D eigenvalue weighted by atomic mass is 32.2. The van der Waals surface area contributed by atoms with Gasteiger partial charge in [0.15, 0.2) is 16.3 Å². The Labute approximate surface area is 178 Å². The minimum absolute atomic E-state index is 0.314. The van der Waals surface area contributed by atoms with Crippen molar-refractivity contribution in [2.75, 3.05) is 23.7 Å². The van der Waals surface area contributed by atoms with Crippen molar-refractivity contribution in [1.29, 1.82) is 0 Å². The number of nitrogens with zero attached hydrogens (tertiary/aromatic N) is 7. The van der Waals surface area contributed by atoms with Crippen molar-refractivity contribution in [2.24, 2.45) is 25.9 Å². The molecule has 0 aliphatic carbocycles. The smallest absolute Gasteiger partial charge is 0.332 e. The lowest BCUT2D eigenvalue weighted by atomic mass is 9.92. The van der Waals surface area contributed by atoms with Crippen LogP contribution in [0, 0.1) is 11.8 Å². The molecule has 4 heterocycles. The molecule has 0 amide bonds. The average Bonchev–Trinajstić information content (AvgIpc) is 3.10. The van der Waals surface area contributed by atoms with E-state index >= 15 is 0 Å². The van der Waals surface area contributed by atoms with Crippen LogP contribution in [0.25, 0.3) is 11.2 Å². The lowest BCUT2D eigenvalue weighted by Crippen LogP contribution is -2.40. The summed E-state index contributed by atoms with van der Waals surface area (Å²) in [7, 11) is 3.18. The van der Waals surface area contributed by atoms with Crippen molar-refractivity contribution < 1.29 is 0 Å². The van der Waals surface area contributed by atoms with Crippen LogP contribution in [0.3, 0.4) is 0 Å². The van der Waals surface area contributed by atoms with E-state index in [-0.39, 0.29) is 11.2 Å². The molecule has 3 aromatic rings. The number of piperidine rings is 1. The third-order valence-corrected chi connectivity index (χ3v) is 6.42. The molecular formula is C20H27N7O2S. The summed E-state index contributed by atoms with van der Waals surface area (Å²) in [6, 6.07) is 1.79. The van der Waals surface area contributed by atoms with Gasteiger partial charge < -0.3 is 9.47 Å². The van der Waals surface area contributed by atoms with E-state index in [0.29, 0.717) is 40.5 Å². The molecule has 0 aromatic carbocycles. The average molecular weight is 430 g/mol. The van der Waals surface area contributed by atoms with Gasteiger partial charge in [0.05, 0.1) is 0 Å². The zero-order valence-corrected chi connectivity index (χ0v) is 18.6. The molecule has 1 aliphatic heterocycles. The molecule has 1 fully saturated rings. The second kappa shape index (κ2) is 8.25. The molecule has 160 valence electrons. The molecule has 4 rings (SSSR count). The topological polar surface area (TPSA) is 90.8 Å². The lowest BCUT2D eigenvalue weighted by molar-refractivity contribution is 0.352. The molecular weight excluding hydrogens is 402 g/mol. The molecule has 1 aliphatic rings. The van der Waals surface area contributed by atoms with E-state index in [1.807, 2.05) is 4.57 Å². The first kappa shape index (κ1) is 20.6. The van der Waals surface area contributed by atoms with Gasteiger partial charge >= 0.3 is 5.69 Å². The van der Waals surface area contributed by atoms with Crippen molar-refractivity contribution in [3.63, 3.8) is 0 Å². The fraction of sp³-hybridized carbons (Fsp3) is 0.550. The summed E-state index contributed by atoms with van der Waals surface area (Å²) in [4.78, 5) is 41.0. The fourth-order valence-corrected chi connectivity index (χ4v) is 5.03. The van der Waals surface area contributed by atoms with Crippen LogP contribution in [-0.4, -0.2) is 47.5 Å². The zero-order valence-electron chi connectivity index (χ0n) is 17.8. The number of imidazole rings is 1. The number of thioether (sulfide) groups is 1. The van der Waals surface area contributed by atoms with Gasteiger partial charge in [-0.2, -0.15) is 4.98 Å². The normalized spacial score (nSPS) is 19.5. The van der Waals surface area contributed by atoms with Crippen molar-refractivity contribution in [1.82, 2.24) is 28.7 Å². The quantitative estimate of drug-likeness (QED) is 0.448. The number of rotatable bonds is 5. The first-order chi connectivity index (χ1) is 14.4.